The molecule has 2 aromatic rings. The maximum absolute atomic E-state index is 11.2. The number of pyridine rings is 1. The van der Waals surface area contributed by atoms with Crippen LogP contribution in [-0.4, -0.2) is 29.1 Å². The highest BCUT2D eigenvalue weighted by Crippen LogP contribution is 2.34. The fraction of sp³-hybridized carbons (Fsp3) is 0.353. The molecule has 1 aromatic heterocycles. The zero-order valence-electron chi connectivity index (χ0n) is 12.6. The van der Waals surface area contributed by atoms with Gasteiger partial charge in [-0.05, 0) is 31.9 Å². The van der Waals surface area contributed by atoms with Crippen LogP contribution in [0.15, 0.2) is 18.3 Å². The second-order valence-corrected chi connectivity index (χ2v) is 5.88. The summed E-state index contributed by atoms with van der Waals surface area (Å²) in [6.45, 7) is 5.11. The third-order valence-corrected chi connectivity index (χ3v) is 4.25. The quantitative estimate of drug-likeness (QED) is 0.921. The lowest BCUT2D eigenvalue weighted by Crippen LogP contribution is -2.23. The predicted octanol–water partition coefficient (Wildman–Crippen LogP) is 2.63. The highest BCUT2D eigenvalue weighted by Gasteiger charge is 2.30. The van der Waals surface area contributed by atoms with Gasteiger partial charge in [0.15, 0.2) is 0 Å². The summed E-state index contributed by atoms with van der Waals surface area (Å²) in [5.74, 6) is -1.15. The van der Waals surface area contributed by atoms with Crippen LogP contribution in [0.1, 0.15) is 23.1 Å². The molecule has 2 heterocycles. The predicted molar refractivity (Wildman–Crippen MR) is 83.9 cm³/mol. The van der Waals surface area contributed by atoms with Crippen LogP contribution in [0.25, 0.3) is 10.9 Å². The molecule has 1 aliphatic rings. The number of fused-ring (bicyclic) bond motifs is 1. The van der Waals surface area contributed by atoms with Gasteiger partial charge in [-0.1, -0.05) is 11.6 Å². The van der Waals surface area contributed by atoms with Crippen molar-refractivity contribution in [3.05, 3.63) is 35.0 Å². The summed E-state index contributed by atoms with van der Waals surface area (Å²) < 4.78 is 0. The summed E-state index contributed by atoms with van der Waals surface area (Å²) >= 11 is 0. The standard InChI is InChI=1S/C17H17N3O2/c1-10-5-11(2)15-14(6-10)16(13(7-18)8-19-15)20-4-3-12(9-20)17(21)22/h5-6,8,12H,3-4,9H2,1-2H3,(H,21,22). The molecular formula is C17H17N3O2. The van der Waals surface area contributed by atoms with Gasteiger partial charge in [0.05, 0.1) is 22.7 Å². The van der Waals surface area contributed by atoms with Crippen molar-refractivity contribution in [2.24, 2.45) is 5.92 Å². The number of carbonyl (C=O) groups is 1. The minimum Gasteiger partial charge on any atom is -0.481 e. The Hall–Kier alpha value is -2.61. The van der Waals surface area contributed by atoms with Crippen molar-refractivity contribution in [2.75, 3.05) is 18.0 Å². The second kappa shape index (κ2) is 5.30. The first kappa shape index (κ1) is 14.3. The highest BCUT2D eigenvalue weighted by atomic mass is 16.4. The maximum atomic E-state index is 11.2. The summed E-state index contributed by atoms with van der Waals surface area (Å²) in [6.07, 6.45) is 2.20. The molecule has 1 aromatic carbocycles. The zero-order valence-corrected chi connectivity index (χ0v) is 12.6. The van der Waals surface area contributed by atoms with E-state index in [9.17, 15) is 15.2 Å². The molecule has 0 bridgehead atoms. The summed E-state index contributed by atoms with van der Waals surface area (Å²) in [5, 5.41) is 19.6. The first-order valence-corrected chi connectivity index (χ1v) is 7.29. The number of carboxylic acid groups (broad SMARTS) is 1. The summed E-state index contributed by atoms with van der Waals surface area (Å²) in [4.78, 5) is 17.6. The molecule has 1 unspecified atom stereocenters. The zero-order chi connectivity index (χ0) is 15.9. The van der Waals surface area contributed by atoms with Crippen molar-refractivity contribution >= 4 is 22.6 Å². The van der Waals surface area contributed by atoms with E-state index in [0.717, 1.165) is 27.7 Å². The smallest absolute Gasteiger partial charge is 0.308 e. The second-order valence-electron chi connectivity index (χ2n) is 5.88. The lowest BCUT2D eigenvalue weighted by atomic mass is 10.0. The van der Waals surface area contributed by atoms with Crippen molar-refractivity contribution in [3.63, 3.8) is 0 Å². The fourth-order valence-electron chi connectivity index (χ4n) is 3.23. The van der Waals surface area contributed by atoms with Crippen LogP contribution in [-0.2, 0) is 4.79 Å². The first-order chi connectivity index (χ1) is 10.5. The molecule has 22 heavy (non-hydrogen) atoms. The van der Waals surface area contributed by atoms with Crippen LogP contribution in [0.2, 0.25) is 0 Å². The molecule has 112 valence electrons. The van der Waals surface area contributed by atoms with Gasteiger partial charge in [-0.2, -0.15) is 5.26 Å². The van der Waals surface area contributed by atoms with Gasteiger partial charge in [0.25, 0.3) is 0 Å². The number of hydrogen-bond acceptors (Lipinski definition) is 4. The number of nitrogens with zero attached hydrogens (tertiary/aromatic N) is 3. The lowest BCUT2D eigenvalue weighted by molar-refractivity contribution is -0.140. The third-order valence-electron chi connectivity index (χ3n) is 4.25. The molecule has 1 fully saturated rings. The summed E-state index contributed by atoms with van der Waals surface area (Å²) in [6, 6.07) is 6.29. The van der Waals surface area contributed by atoms with Crippen LogP contribution < -0.4 is 4.90 Å². The van der Waals surface area contributed by atoms with Crippen molar-refractivity contribution in [2.45, 2.75) is 20.3 Å². The maximum Gasteiger partial charge on any atom is 0.308 e. The topological polar surface area (TPSA) is 77.2 Å². The van der Waals surface area contributed by atoms with Crippen molar-refractivity contribution in [3.8, 4) is 6.07 Å². The molecule has 1 saturated heterocycles. The number of aryl methyl sites for hydroxylation is 2. The number of carboxylic acids is 1. The van der Waals surface area contributed by atoms with Gasteiger partial charge < -0.3 is 10.0 Å². The van der Waals surface area contributed by atoms with Crippen LogP contribution in [0, 0.1) is 31.1 Å². The minimum absolute atomic E-state index is 0.374. The van der Waals surface area contributed by atoms with Crippen molar-refractivity contribution in [1.29, 1.82) is 5.26 Å². The lowest BCUT2D eigenvalue weighted by Gasteiger charge is -2.22. The van der Waals surface area contributed by atoms with Gasteiger partial charge in [-0.3, -0.25) is 9.78 Å². The largest absolute Gasteiger partial charge is 0.481 e. The molecular weight excluding hydrogens is 278 g/mol. The van der Waals surface area contributed by atoms with Crippen molar-refractivity contribution < 1.29 is 9.90 Å². The number of aromatic nitrogens is 1. The summed E-state index contributed by atoms with van der Waals surface area (Å²) in [5.41, 5.74) is 4.37. The number of aliphatic carboxylic acids is 1. The Morgan fingerprint density at radius 1 is 1.45 bits per heavy atom. The average Bonchev–Trinajstić information content (AvgIpc) is 2.95. The third kappa shape index (κ3) is 2.27. The van der Waals surface area contributed by atoms with Crippen LogP contribution >= 0.6 is 0 Å². The molecule has 1 N–H and O–H groups in total. The van der Waals surface area contributed by atoms with Crippen molar-refractivity contribution in [1.82, 2.24) is 4.98 Å². The van der Waals surface area contributed by atoms with Gasteiger partial charge in [0.2, 0.25) is 0 Å². The number of nitriles is 1. The Morgan fingerprint density at radius 2 is 2.23 bits per heavy atom. The molecule has 0 radical (unpaired) electrons. The monoisotopic (exact) mass is 295 g/mol. The summed E-state index contributed by atoms with van der Waals surface area (Å²) in [7, 11) is 0. The SMILES string of the molecule is Cc1cc(C)c2ncc(C#N)c(N3CCC(C(=O)O)C3)c2c1. The van der Waals surface area contributed by atoms with E-state index in [1.807, 2.05) is 24.8 Å². The average molecular weight is 295 g/mol. The molecule has 0 saturated carbocycles. The van der Waals surface area contributed by atoms with Gasteiger partial charge in [0, 0.05) is 24.7 Å². The Labute approximate surface area is 128 Å². The van der Waals surface area contributed by atoms with Crippen LogP contribution in [0.5, 0.6) is 0 Å². The van der Waals surface area contributed by atoms with E-state index in [4.69, 9.17) is 0 Å². The fourth-order valence-corrected chi connectivity index (χ4v) is 3.23. The minimum atomic E-state index is -0.772. The van der Waals surface area contributed by atoms with Gasteiger partial charge >= 0.3 is 5.97 Å². The van der Waals surface area contributed by atoms with E-state index in [1.54, 1.807) is 6.20 Å². The molecule has 0 spiro atoms. The first-order valence-electron chi connectivity index (χ1n) is 7.29. The molecule has 1 aliphatic heterocycles. The molecule has 1 atom stereocenters. The van der Waals surface area contributed by atoms with E-state index >= 15 is 0 Å². The number of hydrogen-bond donors (Lipinski definition) is 1. The normalized spacial score (nSPS) is 17.7. The number of anilines is 1. The Balaban J connectivity index is 2.19. The van der Waals surface area contributed by atoms with E-state index in [2.05, 4.69) is 17.1 Å². The van der Waals surface area contributed by atoms with E-state index in [1.165, 1.54) is 0 Å². The van der Waals surface area contributed by atoms with E-state index < -0.39 is 5.97 Å². The molecule has 0 amide bonds. The molecule has 5 nitrogen and oxygen atoms in total. The highest BCUT2D eigenvalue weighted by molar-refractivity contribution is 5.97. The number of rotatable bonds is 2. The Bertz CT molecular complexity index is 808. The van der Waals surface area contributed by atoms with Gasteiger partial charge in [-0.15, -0.1) is 0 Å². The Kier molecular flexibility index (Phi) is 3.45. The molecule has 0 aliphatic carbocycles. The molecule has 3 rings (SSSR count). The van der Waals surface area contributed by atoms with Gasteiger partial charge in [-0.25, -0.2) is 0 Å². The van der Waals surface area contributed by atoms with Gasteiger partial charge in [0.1, 0.15) is 6.07 Å². The number of benzene rings is 1. The van der Waals surface area contributed by atoms with E-state index in [0.29, 0.717) is 25.1 Å². The van der Waals surface area contributed by atoms with Crippen LogP contribution in [0.3, 0.4) is 0 Å². The Morgan fingerprint density at radius 3 is 2.86 bits per heavy atom. The van der Waals surface area contributed by atoms with E-state index in [-0.39, 0.29) is 5.92 Å². The van der Waals surface area contributed by atoms with Crippen LogP contribution in [0.4, 0.5) is 5.69 Å². The molecule has 5 heteroatoms.